The van der Waals surface area contributed by atoms with Gasteiger partial charge in [0.1, 0.15) is 0 Å². The van der Waals surface area contributed by atoms with Crippen molar-refractivity contribution in [2.24, 2.45) is 0 Å². The number of ether oxygens (including phenoxy) is 1. The summed E-state index contributed by atoms with van der Waals surface area (Å²) < 4.78 is 5.47. The van der Waals surface area contributed by atoms with Crippen LogP contribution in [0.5, 0.6) is 0 Å². The van der Waals surface area contributed by atoms with Crippen LogP contribution in [0.1, 0.15) is 309 Å². The summed E-state index contributed by atoms with van der Waals surface area (Å²) in [5, 5.41) is 23.2. The van der Waals surface area contributed by atoms with E-state index in [2.05, 4.69) is 19.2 Å². The summed E-state index contributed by atoms with van der Waals surface area (Å²) in [5.74, 6) is -0.0598. The van der Waals surface area contributed by atoms with Gasteiger partial charge in [-0.2, -0.15) is 0 Å². The first-order chi connectivity index (χ1) is 29.5. The Morgan fingerprint density at radius 3 is 1.02 bits per heavy atom. The molecule has 0 aromatic carbocycles. The molecule has 3 N–H and O–H groups in total. The quantitative estimate of drug-likeness (QED) is 0.0418. The third-order valence-electron chi connectivity index (χ3n) is 12.9. The van der Waals surface area contributed by atoms with Crippen LogP contribution >= 0.6 is 0 Å². The van der Waals surface area contributed by atoms with Gasteiger partial charge in [0.15, 0.2) is 0 Å². The molecule has 0 aliphatic carbocycles. The normalized spacial score (nSPS) is 12.5. The number of carbonyl (C=O) groups excluding carboxylic acids is 2. The van der Waals surface area contributed by atoms with E-state index in [4.69, 9.17) is 4.74 Å². The van der Waals surface area contributed by atoms with Gasteiger partial charge in [0, 0.05) is 12.8 Å². The number of unbranched alkanes of at least 4 members (excludes halogenated alkanes) is 40. The van der Waals surface area contributed by atoms with E-state index >= 15 is 0 Å². The zero-order valence-corrected chi connectivity index (χ0v) is 40.7. The largest absolute Gasteiger partial charge is 0.466 e. The van der Waals surface area contributed by atoms with Gasteiger partial charge in [-0.1, -0.05) is 271 Å². The molecule has 2 atom stereocenters. The molecule has 0 aromatic rings. The summed E-state index contributed by atoms with van der Waals surface area (Å²) in [6.45, 7) is 4.93. The molecule has 1 amide bonds. The van der Waals surface area contributed by atoms with E-state index in [9.17, 15) is 19.8 Å². The summed E-state index contributed by atoms with van der Waals surface area (Å²) in [7, 11) is 0. The molecule has 0 radical (unpaired) electrons. The first-order valence-electron chi connectivity index (χ1n) is 27.3. The highest BCUT2D eigenvalue weighted by Gasteiger charge is 2.20. The molecule has 0 saturated heterocycles. The van der Waals surface area contributed by atoms with Crippen molar-refractivity contribution in [2.75, 3.05) is 13.2 Å². The molecular weight excluding hydrogens is 743 g/mol. The molecule has 2 unspecified atom stereocenters. The summed E-state index contributed by atoms with van der Waals surface area (Å²) in [5.41, 5.74) is 0. The van der Waals surface area contributed by atoms with Crippen LogP contribution in [0.2, 0.25) is 0 Å². The third-order valence-corrected chi connectivity index (χ3v) is 12.9. The lowest BCUT2D eigenvalue weighted by Gasteiger charge is -2.22. The molecule has 358 valence electrons. The molecule has 0 saturated carbocycles. The number of rotatable bonds is 51. The molecule has 6 nitrogen and oxygen atoms in total. The number of carbonyl (C=O) groups is 2. The number of nitrogens with one attached hydrogen (secondary N) is 1. The van der Waals surface area contributed by atoms with Crippen molar-refractivity contribution >= 4 is 11.9 Å². The van der Waals surface area contributed by atoms with Gasteiger partial charge in [0.25, 0.3) is 0 Å². The van der Waals surface area contributed by atoms with Crippen molar-refractivity contribution in [3.05, 3.63) is 0 Å². The second kappa shape index (κ2) is 50.5. The number of aliphatic hydroxyl groups is 2. The number of amides is 1. The second-order valence-electron chi connectivity index (χ2n) is 18.9. The SMILES string of the molecule is CCCCCCCCCCCCCCCCCCCC(=O)OCCCCCCCCCCCCCC(=O)NC(CO)C(O)CCCCCCCCCCCCCCCCC. The Labute approximate surface area is 375 Å². The summed E-state index contributed by atoms with van der Waals surface area (Å²) in [6, 6.07) is -0.553. The van der Waals surface area contributed by atoms with Crippen molar-refractivity contribution in [3.63, 3.8) is 0 Å². The average molecular weight is 850 g/mol. The molecule has 0 spiro atoms. The molecule has 6 heteroatoms. The number of esters is 1. The lowest BCUT2D eigenvalue weighted by Crippen LogP contribution is -2.45. The fourth-order valence-electron chi connectivity index (χ4n) is 8.70. The van der Waals surface area contributed by atoms with Crippen LogP contribution in [0, 0.1) is 0 Å². The number of hydrogen-bond donors (Lipinski definition) is 3. The standard InChI is InChI=1S/C54H107NO5/c1-3-5-7-9-11-13-15-17-19-20-22-24-28-32-36-40-44-48-54(59)60-49-45-41-37-33-29-25-27-31-35-39-43-47-53(58)55-51(50-56)52(57)46-42-38-34-30-26-23-21-18-16-14-12-10-8-6-4-2/h51-52,56-57H,3-50H2,1-2H3,(H,55,58). The van der Waals surface area contributed by atoms with E-state index in [-0.39, 0.29) is 18.5 Å². The fourth-order valence-corrected chi connectivity index (χ4v) is 8.70. The topological polar surface area (TPSA) is 95.9 Å². The van der Waals surface area contributed by atoms with Gasteiger partial charge >= 0.3 is 5.97 Å². The molecule has 0 aliphatic rings. The lowest BCUT2D eigenvalue weighted by molar-refractivity contribution is -0.143. The minimum atomic E-state index is -0.674. The Balaban J connectivity index is 3.43. The van der Waals surface area contributed by atoms with Gasteiger partial charge in [0.2, 0.25) is 5.91 Å². The van der Waals surface area contributed by atoms with Gasteiger partial charge in [-0.3, -0.25) is 9.59 Å². The van der Waals surface area contributed by atoms with Crippen LogP contribution in [0.15, 0.2) is 0 Å². The predicted molar refractivity (Wildman–Crippen MR) is 260 cm³/mol. The van der Waals surface area contributed by atoms with E-state index in [1.165, 1.54) is 218 Å². The van der Waals surface area contributed by atoms with Crippen LogP contribution in [-0.2, 0) is 14.3 Å². The Hall–Kier alpha value is -1.14. The van der Waals surface area contributed by atoms with Gasteiger partial charge in [-0.15, -0.1) is 0 Å². The molecule has 60 heavy (non-hydrogen) atoms. The van der Waals surface area contributed by atoms with Gasteiger partial charge in [0.05, 0.1) is 25.4 Å². The third kappa shape index (κ3) is 46.4. The molecule has 0 rings (SSSR count). The van der Waals surface area contributed by atoms with Crippen LogP contribution in [-0.4, -0.2) is 47.4 Å². The molecule has 0 fully saturated rings. The maximum absolute atomic E-state index is 12.5. The molecule has 0 aromatic heterocycles. The maximum atomic E-state index is 12.5. The van der Waals surface area contributed by atoms with E-state index in [1.54, 1.807) is 0 Å². The average Bonchev–Trinajstić information content (AvgIpc) is 3.25. The zero-order valence-electron chi connectivity index (χ0n) is 40.7. The molecule has 0 bridgehead atoms. The summed E-state index contributed by atoms with van der Waals surface area (Å²) in [4.78, 5) is 24.5. The highest BCUT2D eigenvalue weighted by molar-refractivity contribution is 5.76. The number of hydrogen-bond acceptors (Lipinski definition) is 5. The van der Waals surface area contributed by atoms with Gasteiger partial charge in [-0.25, -0.2) is 0 Å². The summed E-state index contributed by atoms with van der Waals surface area (Å²) >= 11 is 0. The minimum Gasteiger partial charge on any atom is -0.466 e. The Morgan fingerprint density at radius 2 is 0.683 bits per heavy atom. The first-order valence-corrected chi connectivity index (χ1v) is 27.3. The summed E-state index contributed by atoms with van der Waals surface area (Å²) in [6.07, 6.45) is 56.5. The highest BCUT2D eigenvalue weighted by Crippen LogP contribution is 2.17. The van der Waals surface area contributed by atoms with Crippen LogP contribution in [0.3, 0.4) is 0 Å². The van der Waals surface area contributed by atoms with E-state index in [0.29, 0.717) is 25.9 Å². The Bertz CT molecular complexity index is 852. The number of aliphatic hydroxyl groups excluding tert-OH is 2. The monoisotopic (exact) mass is 850 g/mol. The van der Waals surface area contributed by atoms with Crippen molar-refractivity contribution < 1.29 is 24.5 Å². The van der Waals surface area contributed by atoms with E-state index in [0.717, 1.165) is 57.8 Å². The van der Waals surface area contributed by atoms with Gasteiger partial charge < -0.3 is 20.3 Å². The minimum absolute atomic E-state index is 0.00881. The molecule has 0 aliphatic heterocycles. The van der Waals surface area contributed by atoms with Crippen molar-refractivity contribution in [3.8, 4) is 0 Å². The van der Waals surface area contributed by atoms with Crippen LogP contribution in [0.4, 0.5) is 0 Å². The highest BCUT2D eigenvalue weighted by atomic mass is 16.5. The lowest BCUT2D eigenvalue weighted by atomic mass is 10.0. The fraction of sp³-hybridized carbons (Fsp3) is 0.963. The smallest absolute Gasteiger partial charge is 0.305 e. The van der Waals surface area contributed by atoms with Crippen molar-refractivity contribution in [1.29, 1.82) is 0 Å². The predicted octanol–water partition coefficient (Wildman–Crippen LogP) is 16.4. The molecular formula is C54H107NO5. The molecule has 0 heterocycles. The second-order valence-corrected chi connectivity index (χ2v) is 18.9. The van der Waals surface area contributed by atoms with Crippen LogP contribution < -0.4 is 5.32 Å². The zero-order chi connectivity index (χ0) is 43.7. The van der Waals surface area contributed by atoms with E-state index < -0.39 is 12.1 Å². The van der Waals surface area contributed by atoms with Crippen molar-refractivity contribution in [2.45, 2.75) is 321 Å². The first kappa shape index (κ1) is 58.9. The Kier molecular flexibility index (Phi) is 49.5. The van der Waals surface area contributed by atoms with E-state index in [1.807, 2.05) is 0 Å². The van der Waals surface area contributed by atoms with Crippen molar-refractivity contribution in [1.82, 2.24) is 5.32 Å². The van der Waals surface area contributed by atoms with Gasteiger partial charge in [-0.05, 0) is 25.7 Å². The Morgan fingerprint density at radius 1 is 0.400 bits per heavy atom. The maximum Gasteiger partial charge on any atom is 0.305 e. The van der Waals surface area contributed by atoms with Crippen LogP contribution in [0.25, 0.3) is 0 Å².